The molecule has 0 atom stereocenters. The number of hydrazine groups is 1. The van der Waals surface area contributed by atoms with Crippen molar-refractivity contribution in [3.8, 4) is 0 Å². The highest BCUT2D eigenvalue weighted by Gasteiger charge is 2.12. The average molecular weight is 423 g/mol. The van der Waals surface area contributed by atoms with Gasteiger partial charge >= 0.3 is 0 Å². The van der Waals surface area contributed by atoms with E-state index in [0.717, 1.165) is 3.79 Å². The van der Waals surface area contributed by atoms with Gasteiger partial charge in [0.1, 0.15) is 6.54 Å². The van der Waals surface area contributed by atoms with Gasteiger partial charge in [-0.2, -0.15) is 0 Å². The van der Waals surface area contributed by atoms with Gasteiger partial charge in [-0.3, -0.25) is 30.6 Å². The number of halogens is 1. The molecule has 3 rings (SSSR count). The number of nitro groups is 1. The minimum Gasteiger partial charge on any atom is -0.338 e. The molecule has 1 aromatic carbocycles. The number of amides is 2. The lowest BCUT2D eigenvalue weighted by Gasteiger charge is -2.08. The number of thiophene rings is 1. The van der Waals surface area contributed by atoms with E-state index in [4.69, 9.17) is 0 Å². The van der Waals surface area contributed by atoms with Gasteiger partial charge in [-0.15, -0.1) is 11.3 Å². The number of nitrogens with zero attached hydrogens (tertiary/aromatic N) is 2. The van der Waals surface area contributed by atoms with E-state index in [0.29, 0.717) is 15.8 Å². The number of non-ortho nitro benzene ring substituents is 1. The van der Waals surface area contributed by atoms with Crippen molar-refractivity contribution >= 4 is 55.7 Å². The molecule has 0 bridgehead atoms. The van der Waals surface area contributed by atoms with Crippen LogP contribution in [0, 0.1) is 10.1 Å². The first-order chi connectivity index (χ1) is 11.9. The van der Waals surface area contributed by atoms with Gasteiger partial charge in [0.05, 0.1) is 13.6 Å². The number of nitro benzene ring substituents is 1. The molecule has 2 amide bonds. The first kappa shape index (κ1) is 17.1. The zero-order valence-electron chi connectivity index (χ0n) is 12.6. The van der Waals surface area contributed by atoms with Crippen molar-refractivity contribution in [2.45, 2.75) is 6.54 Å². The monoisotopic (exact) mass is 422 g/mol. The van der Waals surface area contributed by atoms with Crippen LogP contribution >= 0.6 is 27.3 Å². The Morgan fingerprint density at radius 2 is 2.00 bits per heavy atom. The lowest BCUT2D eigenvalue weighted by Crippen LogP contribution is -2.42. The minimum atomic E-state index is -0.470. The second kappa shape index (κ2) is 7.03. The van der Waals surface area contributed by atoms with Crippen LogP contribution in [0.3, 0.4) is 0 Å². The van der Waals surface area contributed by atoms with E-state index >= 15 is 0 Å². The second-order valence-corrected chi connectivity index (χ2v) is 7.51. The summed E-state index contributed by atoms with van der Waals surface area (Å²) in [4.78, 5) is 34.7. The third kappa shape index (κ3) is 3.86. The topological polar surface area (TPSA) is 106 Å². The molecule has 3 aromatic rings. The molecule has 0 unspecified atom stereocenters. The standard InChI is InChI=1S/C15H11BrN4O4S/c16-13-4-3-12(25-13)15(22)18-17-14(21)8-19-6-5-9-7-10(20(23)24)1-2-11(9)19/h1-7H,8H2,(H,17,21)(H,18,22). The molecule has 25 heavy (non-hydrogen) atoms. The first-order valence-electron chi connectivity index (χ1n) is 7.02. The summed E-state index contributed by atoms with van der Waals surface area (Å²) in [7, 11) is 0. The summed E-state index contributed by atoms with van der Waals surface area (Å²) < 4.78 is 2.46. The maximum absolute atomic E-state index is 12.0. The third-order valence-corrected chi connectivity index (χ3v) is 5.01. The Morgan fingerprint density at radius 1 is 1.20 bits per heavy atom. The Morgan fingerprint density at radius 3 is 2.68 bits per heavy atom. The molecule has 0 saturated carbocycles. The van der Waals surface area contributed by atoms with Gasteiger partial charge in [0.2, 0.25) is 0 Å². The van der Waals surface area contributed by atoms with Gasteiger partial charge in [0.25, 0.3) is 17.5 Å². The van der Waals surface area contributed by atoms with Crippen LogP contribution in [0.2, 0.25) is 0 Å². The Bertz CT molecular complexity index is 981. The van der Waals surface area contributed by atoms with Crippen molar-refractivity contribution in [2.75, 3.05) is 0 Å². The molecule has 0 spiro atoms. The zero-order valence-corrected chi connectivity index (χ0v) is 15.0. The molecule has 2 aromatic heterocycles. The molecule has 0 aliphatic heterocycles. The molecule has 8 nitrogen and oxygen atoms in total. The molecule has 0 aliphatic carbocycles. The summed E-state index contributed by atoms with van der Waals surface area (Å²) in [5, 5.41) is 11.5. The van der Waals surface area contributed by atoms with E-state index in [1.807, 2.05) is 0 Å². The number of nitrogens with one attached hydrogen (secondary N) is 2. The summed E-state index contributed by atoms with van der Waals surface area (Å²) in [6, 6.07) is 9.49. The molecule has 2 heterocycles. The number of fused-ring (bicyclic) bond motifs is 1. The number of carbonyl (C=O) groups excluding carboxylic acids is 2. The molecule has 0 aliphatic rings. The number of benzene rings is 1. The van der Waals surface area contributed by atoms with Crippen LogP contribution in [0.25, 0.3) is 10.9 Å². The van der Waals surface area contributed by atoms with E-state index in [1.54, 1.807) is 35.0 Å². The smallest absolute Gasteiger partial charge is 0.279 e. The largest absolute Gasteiger partial charge is 0.338 e. The predicted octanol–water partition coefficient (Wildman–Crippen LogP) is 2.83. The van der Waals surface area contributed by atoms with Crippen molar-refractivity contribution < 1.29 is 14.5 Å². The van der Waals surface area contributed by atoms with Crippen molar-refractivity contribution in [1.29, 1.82) is 0 Å². The van der Waals surface area contributed by atoms with Crippen molar-refractivity contribution in [2.24, 2.45) is 0 Å². The van der Waals surface area contributed by atoms with E-state index in [-0.39, 0.29) is 12.2 Å². The first-order valence-corrected chi connectivity index (χ1v) is 8.63. The maximum atomic E-state index is 12.0. The molecule has 2 N–H and O–H groups in total. The van der Waals surface area contributed by atoms with Gasteiger partial charge in [0.15, 0.2) is 0 Å². The summed E-state index contributed by atoms with van der Waals surface area (Å²) >= 11 is 4.51. The van der Waals surface area contributed by atoms with Crippen LogP contribution in [0.15, 0.2) is 46.4 Å². The summed E-state index contributed by atoms with van der Waals surface area (Å²) in [6.07, 6.45) is 1.66. The lowest BCUT2D eigenvalue weighted by atomic mass is 10.2. The van der Waals surface area contributed by atoms with Crippen LogP contribution < -0.4 is 10.9 Å². The number of aromatic nitrogens is 1. The molecule has 0 fully saturated rings. The Balaban J connectivity index is 1.64. The summed E-state index contributed by atoms with van der Waals surface area (Å²) in [5.74, 6) is -0.822. The van der Waals surface area contributed by atoms with E-state index in [9.17, 15) is 19.7 Å². The maximum Gasteiger partial charge on any atom is 0.279 e. The zero-order chi connectivity index (χ0) is 18.0. The van der Waals surface area contributed by atoms with Crippen molar-refractivity contribution in [3.63, 3.8) is 0 Å². The molecular weight excluding hydrogens is 412 g/mol. The van der Waals surface area contributed by atoms with Gasteiger partial charge in [-0.25, -0.2) is 0 Å². The molecule has 0 saturated heterocycles. The van der Waals surface area contributed by atoms with Gasteiger partial charge in [-0.1, -0.05) is 0 Å². The molecule has 0 radical (unpaired) electrons. The number of rotatable bonds is 4. The number of hydrogen-bond donors (Lipinski definition) is 2. The highest BCUT2D eigenvalue weighted by Crippen LogP contribution is 2.22. The van der Waals surface area contributed by atoms with Gasteiger partial charge in [0, 0.05) is 29.2 Å². The van der Waals surface area contributed by atoms with Crippen LogP contribution in [0.5, 0.6) is 0 Å². The van der Waals surface area contributed by atoms with Crippen molar-refractivity contribution in [1.82, 2.24) is 15.4 Å². The van der Waals surface area contributed by atoms with Gasteiger partial charge < -0.3 is 4.57 Å². The van der Waals surface area contributed by atoms with Crippen LogP contribution in [-0.4, -0.2) is 21.3 Å². The fourth-order valence-electron chi connectivity index (χ4n) is 2.26. The quantitative estimate of drug-likeness (QED) is 0.497. The fourth-order valence-corrected chi connectivity index (χ4v) is 3.54. The van der Waals surface area contributed by atoms with E-state index in [2.05, 4.69) is 26.8 Å². The SMILES string of the molecule is O=C(Cn1ccc2cc([N+](=O)[O-])ccc21)NNC(=O)c1ccc(Br)s1. The van der Waals surface area contributed by atoms with Gasteiger partial charge in [-0.05, 0) is 40.2 Å². The highest BCUT2D eigenvalue weighted by molar-refractivity contribution is 9.11. The van der Waals surface area contributed by atoms with E-state index < -0.39 is 16.7 Å². The average Bonchev–Trinajstić information content (AvgIpc) is 3.19. The van der Waals surface area contributed by atoms with Crippen LogP contribution in [-0.2, 0) is 11.3 Å². The van der Waals surface area contributed by atoms with Crippen LogP contribution in [0.1, 0.15) is 9.67 Å². The highest BCUT2D eigenvalue weighted by atomic mass is 79.9. The lowest BCUT2D eigenvalue weighted by molar-refractivity contribution is -0.384. The molecular formula is C15H11BrN4O4S. The second-order valence-electron chi connectivity index (χ2n) is 5.05. The normalized spacial score (nSPS) is 10.6. The minimum absolute atomic E-state index is 0.0101. The Hall–Kier alpha value is -2.72. The van der Waals surface area contributed by atoms with Crippen molar-refractivity contribution in [3.05, 3.63) is 61.4 Å². The number of carbonyl (C=O) groups is 2. The van der Waals surface area contributed by atoms with Crippen LogP contribution in [0.4, 0.5) is 5.69 Å². The predicted molar refractivity (Wildman–Crippen MR) is 96.2 cm³/mol. The summed E-state index contributed by atoms with van der Waals surface area (Å²) in [6.45, 7) is -0.0320. The Kier molecular flexibility index (Phi) is 4.81. The fraction of sp³-hybridized carbons (Fsp3) is 0.0667. The molecule has 128 valence electrons. The van der Waals surface area contributed by atoms with E-state index in [1.165, 1.54) is 23.5 Å². The Labute approximate surface area is 153 Å². The molecule has 10 heteroatoms. The number of hydrogen-bond acceptors (Lipinski definition) is 5. The summed E-state index contributed by atoms with van der Waals surface area (Å²) in [5.41, 5.74) is 5.37. The third-order valence-electron chi connectivity index (χ3n) is 3.39.